The summed E-state index contributed by atoms with van der Waals surface area (Å²) in [5, 5.41) is 6.03. The van der Waals surface area contributed by atoms with E-state index in [1.54, 1.807) is 0 Å². The van der Waals surface area contributed by atoms with E-state index >= 15 is 0 Å². The van der Waals surface area contributed by atoms with Crippen LogP contribution in [0.15, 0.2) is 18.2 Å². The highest BCUT2D eigenvalue weighted by Gasteiger charge is 2.21. The van der Waals surface area contributed by atoms with Crippen LogP contribution in [0.3, 0.4) is 0 Å². The zero-order valence-corrected chi connectivity index (χ0v) is 21.1. The highest BCUT2D eigenvalue weighted by Crippen LogP contribution is 2.29. The van der Waals surface area contributed by atoms with Gasteiger partial charge in [-0.2, -0.15) is 0 Å². The van der Waals surface area contributed by atoms with Gasteiger partial charge >= 0.3 is 0 Å². The van der Waals surface area contributed by atoms with Gasteiger partial charge in [0.15, 0.2) is 0 Å². The molecule has 2 rings (SSSR count). The molecular weight excluding hydrogens is 414 g/mol. The summed E-state index contributed by atoms with van der Waals surface area (Å²) < 4.78 is 5.37. The van der Waals surface area contributed by atoms with Crippen molar-refractivity contribution < 1.29 is 14.3 Å². The van der Waals surface area contributed by atoms with Gasteiger partial charge in [0.2, 0.25) is 5.91 Å². The molecule has 1 saturated heterocycles. The second-order valence-electron chi connectivity index (χ2n) is 9.27. The molecule has 1 heterocycles. The van der Waals surface area contributed by atoms with Gasteiger partial charge in [0.25, 0.3) is 5.91 Å². The van der Waals surface area contributed by atoms with E-state index in [9.17, 15) is 9.59 Å². The Morgan fingerprint density at radius 3 is 2.48 bits per heavy atom. The average Bonchev–Trinajstić information content (AvgIpc) is 2.81. The summed E-state index contributed by atoms with van der Waals surface area (Å²) in [7, 11) is 0. The minimum Gasteiger partial charge on any atom is -0.382 e. The van der Waals surface area contributed by atoms with E-state index in [2.05, 4.69) is 29.4 Å². The number of benzene rings is 1. The number of nitrogens with one attached hydrogen (secondary N) is 2. The first kappa shape index (κ1) is 27.2. The van der Waals surface area contributed by atoms with Crippen LogP contribution in [-0.2, 0) is 9.53 Å². The molecule has 0 unspecified atom stereocenters. The Morgan fingerprint density at radius 2 is 1.76 bits per heavy atom. The lowest BCUT2D eigenvalue weighted by molar-refractivity contribution is -0.116. The number of nitrogens with zero attached hydrogens (tertiary/aromatic N) is 1. The van der Waals surface area contributed by atoms with Crippen LogP contribution < -0.4 is 15.5 Å². The van der Waals surface area contributed by atoms with Crippen molar-refractivity contribution >= 4 is 23.2 Å². The monoisotopic (exact) mass is 459 g/mol. The molecule has 1 aromatic carbocycles. The first-order valence-corrected chi connectivity index (χ1v) is 13.1. The third kappa shape index (κ3) is 10.2. The van der Waals surface area contributed by atoms with Crippen LogP contribution in [0, 0.1) is 5.92 Å². The molecular formula is C27H45N3O3. The topological polar surface area (TPSA) is 70.7 Å². The van der Waals surface area contributed by atoms with Gasteiger partial charge in [-0.05, 0) is 56.7 Å². The normalized spacial score (nSPS) is 14.3. The van der Waals surface area contributed by atoms with Crippen molar-refractivity contribution in [3.05, 3.63) is 23.8 Å². The van der Waals surface area contributed by atoms with E-state index in [-0.39, 0.29) is 11.8 Å². The van der Waals surface area contributed by atoms with Gasteiger partial charge in [-0.1, -0.05) is 46.0 Å². The Morgan fingerprint density at radius 1 is 1.03 bits per heavy atom. The Balaban J connectivity index is 1.99. The summed E-state index contributed by atoms with van der Waals surface area (Å²) in [6.07, 6.45) is 10.5. The summed E-state index contributed by atoms with van der Waals surface area (Å²) >= 11 is 0. The Hall–Kier alpha value is -2.08. The SMILES string of the molecule is CCCCCCCCC(=O)Nc1ccc(N2CCC(C)CC2)c(C(=O)NCCCOCC)c1. The van der Waals surface area contributed by atoms with Gasteiger partial charge in [-0.25, -0.2) is 0 Å². The van der Waals surface area contributed by atoms with E-state index in [1.165, 1.54) is 25.7 Å². The number of piperidine rings is 1. The largest absolute Gasteiger partial charge is 0.382 e. The molecule has 0 radical (unpaired) electrons. The van der Waals surface area contributed by atoms with Crippen molar-refractivity contribution in [1.82, 2.24) is 5.32 Å². The second kappa shape index (κ2) is 15.7. The summed E-state index contributed by atoms with van der Waals surface area (Å²) in [6.45, 7) is 10.3. The number of hydrogen-bond acceptors (Lipinski definition) is 4. The molecule has 33 heavy (non-hydrogen) atoms. The molecule has 6 heteroatoms. The number of hydrogen-bond donors (Lipinski definition) is 2. The van der Waals surface area contributed by atoms with Gasteiger partial charge < -0.3 is 20.3 Å². The van der Waals surface area contributed by atoms with E-state index < -0.39 is 0 Å². The van der Waals surface area contributed by atoms with Gasteiger partial charge in [-0.3, -0.25) is 9.59 Å². The smallest absolute Gasteiger partial charge is 0.253 e. The van der Waals surface area contributed by atoms with Gasteiger partial charge in [0, 0.05) is 50.6 Å². The maximum Gasteiger partial charge on any atom is 0.253 e. The van der Waals surface area contributed by atoms with Crippen molar-refractivity contribution in [3.63, 3.8) is 0 Å². The molecule has 6 nitrogen and oxygen atoms in total. The predicted octanol–water partition coefficient (Wildman–Crippen LogP) is 5.77. The standard InChI is InChI=1S/C27H45N3O3/c1-4-6-7-8-9-10-12-26(31)29-23-13-14-25(30-18-15-22(3)16-19-30)24(21-23)27(32)28-17-11-20-33-5-2/h13-14,21-22H,4-12,15-20H2,1-3H3,(H,28,32)(H,29,31). The fourth-order valence-electron chi connectivity index (χ4n) is 4.23. The number of carbonyl (C=O) groups is 2. The van der Waals surface area contributed by atoms with Crippen LogP contribution in [-0.4, -0.2) is 44.7 Å². The molecule has 1 aliphatic rings. The lowest BCUT2D eigenvalue weighted by Crippen LogP contribution is -2.35. The quantitative estimate of drug-likeness (QED) is 0.327. The third-order valence-electron chi connectivity index (χ3n) is 6.36. The lowest BCUT2D eigenvalue weighted by atomic mass is 9.97. The van der Waals surface area contributed by atoms with Crippen molar-refractivity contribution in [2.75, 3.05) is 43.1 Å². The van der Waals surface area contributed by atoms with Gasteiger partial charge in [0.1, 0.15) is 0 Å². The Kier molecular flexibility index (Phi) is 12.9. The molecule has 0 aromatic heterocycles. The first-order chi connectivity index (χ1) is 16.0. The number of unbranched alkanes of at least 4 members (excludes halogenated alkanes) is 5. The molecule has 0 bridgehead atoms. The molecule has 186 valence electrons. The molecule has 0 saturated carbocycles. The highest BCUT2D eigenvalue weighted by atomic mass is 16.5. The minimum atomic E-state index is -0.0906. The number of amides is 2. The average molecular weight is 460 g/mol. The zero-order valence-electron chi connectivity index (χ0n) is 21.1. The van der Waals surface area contributed by atoms with Crippen LogP contribution >= 0.6 is 0 Å². The molecule has 2 N–H and O–H groups in total. The number of carbonyl (C=O) groups excluding carboxylic acids is 2. The maximum atomic E-state index is 13.0. The molecule has 2 amide bonds. The molecule has 1 fully saturated rings. The van der Waals surface area contributed by atoms with Gasteiger partial charge in [-0.15, -0.1) is 0 Å². The molecule has 0 spiro atoms. The van der Waals surface area contributed by atoms with Crippen molar-refractivity contribution in [1.29, 1.82) is 0 Å². The zero-order chi connectivity index (χ0) is 23.9. The van der Waals surface area contributed by atoms with Crippen molar-refractivity contribution in [2.45, 2.75) is 85.0 Å². The Labute approximate surface area is 200 Å². The predicted molar refractivity (Wildman–Crippen MR) is 137 cm³/mol. The summed E-state index contributed by atoms with van der Waals surface area (Å²) in [4.78, 5) is 27.8. The molecule has 0 aliphatic carbocycles. The van der Waals surface area contributed by atoms with E-state index in [1.807, 2.05) is 25.1 Å². The number of anilines is 2. The Bertz CT molecular complexity index is 715. The second-order valence-corrected chi connectivity index (χ2v) is 9.27. The third-order valence-corrected chi connectivity index (χ3v) is 6.36. The van der Waals surface area contributed by atoms with Crippen LogP contribution in [0.2, 0.25) is 0 Å². The summed E-state index contributed by atoms with van der Waals surface area (Å²) in [6, 6.07) is 5.76. The van der Waals surface area contributed by atoms with Crippen molar-refractivity contribution in [3.8, 4) is 0 Å². The lowest BCUT2D eigenvalue weighted by Gasteiger charge is -2.33. The van der Waals surface area contributed by atoms with Crippen LogP contribution in [0.25, 0.3) is 0 Å². The highest BCUT2D eigenvalue weighted by molar-refractivity contribution is 6.02. The first-order valence-electron chi connectivity index (χ1n) is 13.1. The van der Waals surface area contributed by atoms with E-state index in [0.717, 1.165) is 56.8 Å². The minimum absolute atomic E-state index is 0.0214. The molecule has 1 aliphatic heterocycles. The summed E-state index contributed by atoms with van der Waals surface area (Å²) in [5.41, 5.74) is 2.29. The number of rotatable bonds is 15. The summed E-state index contributed by atoms with van der Waals surface area (Å²) in [5.74, 6) is 0.651. The van der Waals surface area contributed by atoms with E-state index in [0.29, 0.717) is 37.4 Å². The fraction of sp³-hybridized carbons (Fsp3) is 0.704. The van der Waals surface area contributed by atoms with Crippen LogP contribution in [0.1, 0.15) is 95.3 Å². The maximum absolute atomic E-state index is 13.0. The van der Waals surface area contributed by atoms with E-state index in [4.69, 9.17) is 4.74 Å². The van der Waals surface area contributed by atoms with Crippen LogP contribution in [0.5, 0.6) is 0 Å². The van der Waals surface area contributed by atoms with Crippen LogP contribution in [0.4, 0.5) is 11.4 Å². The number of ether oxygens (including phenoxy) is 1. The van der Waals surface area contributed by atoms with Gasteiger partial charge in [0.05, 0.1) is 5.56 Å². The molecule has 0 atom stereocenters. The molecule has 1 aromatic rings. The fourth-order valence-corrected chi connectivity index (χ4v) is 4.23. The van der Waals surface area contributed by atoms with Crippen molar-refractivity contribution in [2.24, 2.45) is 5.92 Å².